The third-order valence-electron chi connectivity index (χ3n) is 6.09. The normalized spacial score (nSPS) is 27.0. The molecule has 4 rings (SSSR count). The number of halogens is 1. The lowest BCUT2D eigenvalue weighted by molar-refractivity contribution is 0.00137. The number of ether oxygens (including phenoxy) is 1. The van der Waals surface area contributed by atoms with Crippen LogP contribution in [-0.4, -0.2) is 58.3 Å². The van der Waals surface area contributed by atoms with Crippen molar-refractivity contribution >= 4 is 5.91 Å². The summed E-state index contributed by atoms with van der Waals surface area (Å²) in [6, 6.07) is 8.90. The van der Waals surface area contributed by atoms with E-state index < -0.39 is 12.2 Å². The van der Waals surface area contributed by atoms with Gasteiger partial charge in [-0.15, -0.1) is 0 Å². The van der Waals surface area contributed by atoms with Crippen molar-refractivity contribution in [2.75, 3.05) is 13.1 Å². The summed E-state index contributed by atoms with van der Waals surface area (Å²) < 4.78 is 19.5. The molecule has 7 heteroatoms. The lowest BCUT2D eigenvalue weighted by Crippen LogP contribution is -2.54. The number of likely N-dealkylation sites (tertiary alicyclic amines) is 1. The topological polar surface area (TPSA) is 74.7 Å². The number of carbonyl (C=O) groups excluding carboxylic acids is 1. The first-order valence-electron chi connectivity index (χ1n) is 10.6. The van der Waals surface area contributed by atoms with Crippen LogP contribution in [0.5, 0.6) is 5.75 Å². The van der Waals surface area contributed by atoms with E-state index in [1.165, 1.54) is 18.6 Å². The number of aliphatic hydroxyl groups excluding tert-OH is 1. The zero-order valence-electron chi connectivity index (χ0n) is 17.1. The summed E-state index contributed by atoms with van der Waals surface area (Å²) in [6.07, 6.45) is 4.11. The Hall–Kier alpha value is -2.51. The summed E-state index contributed by atoms with van der Waals surface area (Å²) in [6.45, 7) is 3.57. The van der Waals surface area contributed by atoms with Crippen molar-refractivity contribution in [2.24, 2.45) is 0 Å². The fraction of sp³-hybridized carbons (Fsp3) is 0.478. The number of amides is 1. The van der Waals surface area contributed by atoms with Crippen LogP contribution in [0.4, 0.5) is 4.39 Å². The van der Waals surface area contributed by atoms with Crippen LogP contribution < -0.4 is 10.1 Å². The van der Waals surface area contributed by atoms with Crippen molar-refractivity contribution in [3.63, 3.8) is 0 Å². The fourth-order valence-corrected chi connectivity index (χ4v) is 4.62. The van der Waals surface area contributed by atoms with Gasteiger partial charge in [-0.1, -0.05) is 12.5 Å². The van der Waals surface area contributed by atoms with Crippen molar-refractivity contribution in [2.45, 2.75) is 56.9 Å². The zero-order chi connectivity index (χ0) is 21.1. The number of pyridine rings is 1. The van der Waals surface area contributed by atoms with Gasteiger partial charge in [0.05, 0.1) is 17.6 Å². The molecule has 2 heterocycles. The monoisotopic (exact) mass is 413 g/mol. The highest BCUT2D eigenvalue weighted by Crippen LogP contribution is 2.31. The number of hydrogen-bond acceptors (Lipinski definition) is 5. The molecule has 1 aromatic heterocycles. The average Bonchev–Trinajstić information content (AvgIpc) is 3.03. The van der Waals surface area contributed by atoms with Crippen LogP contribution in [0.25, 0.3) is 0 Å². The Morgan fingerprint density at radius 1 is 1.23 bits per heavy atom. The molecule has 2 aliphatic rings. The number of aromatic nitrogens is 1. The van der Waals surface area contributed by atoms with Gasteiger partial charge in [0.1, 0.15) is 23.8 Å². The number of hydrogen-bond donors (Lipinski definition) is 2. The Morgan fingerprint density at radius 3 is 2.77 bits per heavy atom. The smallest absolute Gasteiger partial charge is 0.253 e. The van der Waals surface area contributed by atoms with Crippen LogP contribution in [0.1, 0.15) is 41.7 Å². The van der Waals surface area contributed by atoms with Gasteiger partial charge in [-0.2, -0.15) is 0 Å². The van der Waals surface area contributed by atoms with Crippen LogP contribution in [0.15, 0.2) is 42.6 Å². The third kappa shape index (κ3) is 4.47. The highest BCUT2D eigenvalue weighted by molar-refractivity contribution is 5.95. The van der Waals surface area contributed by atoms with Gasteiger partial charge in [0, 0.05) is 24.4 Å². The molecule has 1 saturated carbocycles. The molecule has 1 aliphatic carbocycles. The second-order valence-corrected chi connectivity index (χ2v) is 8.14. The van der Waals surface area contributed by atoms with Crippen LogP contribution in [0, 0.1) is 12.7 Å². The van der Waals surface area contributed by atoms with Gasteiger partial charge in [-0.05, 0) is 57.1 Å². The van der Waals surface area contributed by atoms with E-state index in [0.717, 1.165) is 25.9 Å². The van der Waals surface area contributed by atoms with E-state index in [1.807, 2.05) is 0 Å². The molecule has 1 amide bonds. The zero-order valence-corrected chi connectivity index (χ0v) is 17.1. The Morgan fingerprint density at radius 2 is 2.03 bits per heavy atom. The summed E-state index contributed by atoms with van der Waals surface area (Å²) in [5.41, 5.74) is 1.19. The fourth-order valence-electron chi connectivity index (χ4n) is 4.62. The number of nitrogens with one attached hydrogen (secondary N) is 1. The first kappa shape index (κ1) is 20.8. The summed E-state index contributed by atoms with van der Waals surface area (Å²) >= 11 is 0. The summed E-state index contributed by atoms with van der Waals surface area (Å²) in [7, 11) is 0. The number of rotatable bonds is 5. The summed E-state index contributed by atoms with van der Waals surface area (Å²) in [5, 5.41) is 14.2. The van der Waals surface area contributed by atoms with Crippen molar-refractivity contribution < 1.29 is 19.0 Å². The third-order valence-corrected chi connectivity index (χ3v) is 6.09. The number of nitrogens with zero attached hydrogens (tertiary/aromatic N) is 2. The minimum atomic E-state index is -0.785. The summed E-state index contributed by atoms with van der Waals surface area (Å²) in [4.78, 5) is 19.4. The van der Waals surface area contributed by atoms with Crippen molar-refractivity contribution in [1.29, 1.82) is 0 Å². The van der Waals surface area contributed by atoms with Crippen LogP contribution >= 0.6 is 0 Å². The lowest BCUT2D eigenvalue weighted by atomic mass is 10.0. The molecule has 160 valence electrons. The van der Waals surface area contributed by atoms with Gasteiger partial charge in [0.2, 0.25) is 0 Å². The quantitative estimate of drug-likeness (QED) is 0.788. The molecule has 0 spiro atoms. The molecular weight excluding hydrogens is 385 g/mol. The standard InChI is InChI=1S/C23H28FN3O3/c1-15-18(9-6-10-25-15)23(29)26-19-14-20(30-17-8-5-7-16(24)13-17)22(28)21(19)27-11-3-2-4-12-27/h5-10,13,19-22,28H,2-4,11-12,14H2,1H3,(H,26,29)/t19-,20-,21+,22+/m1/s1. The highest BCUT2D eigenvalue weighted by Gasteiger charge is 2.47. The van der Waals surface area contributed by atoms with E-state index in [2.05, 4.69) is 15.2 Å². The number of aliphatic hydroxyl groups is 1. The summed E-state index contributed by atoms with van der Waals surface area (Å²) in [5.74, 6) is -0.206. The van der Waals surface area contributed by atoms with Gasteiger partial charge in [0.15, 0.2) is 0 Å². The maximum atomic E-state index is 13.6. The highest BCUT2D eigenvalue weighted by atomic mass is 19.1. The number of piperidine rings is 1. The Bertz CT molecular complexity index is 888. The Labute approximate surface area is 176 Å². The van der Waals surface area contributed by atoms with Gasteiger partial charge in [0.25, 0.3) is 5.91 Å². The number of carbonyl (C=O) groups is 1. The molecule has 1 saturated heterocycles. The molecule has 0 radical (unpaired) electrons. The maximum Gasteiger partial charge on any atom is 0.253 e. The Balaban J connectivity index is 1.54. The van der Waals surface area contributed by atoms with Crippen molar-refractivity contribution in [3.05, 3.63) is 59.7 Å². The molecule has 1 aliphatic heterocycles. The SMILES string of the molecule is Cc1ncccc1C(=O)N[C@@H]1C[C@@H](Oc2cccc(F)c2)[C@H](O)[C@H]1N1CCCCC1. The number of benzene rings is 1. The van der Waals surface area contributed by atoms with E-state index in [9.17, 15) is 14.3 Å². The first-order chi connectivity index (χ1) is 14.5. The minimum absolute atomic E-state index is 0.203. The largest absolute Gasteiger partial charge is 0.487 e. The maximum absolute atomic E-state index is 13.6. The second-order valence-electron chi connectivity index (χ2n) is 8.14. The van der Waals surface area contributed by atoms with E-state index in [1.54, 1.807) is 37.4 Å². The van der Waals surface area contributed by atoms with E-state index >= 15 is 0 Å². The van der Waals surface area contributed by atoms with Gasteiger partial charge < -0.3 is 15.2 Å². The lowest BCUT2D eigenvalue weighted by Gasteiger charge is -2.37. The average molecular weight is 413 g/mol. The molecule has 2 fully saturated rings. The first-order valence-corrected chi connectivity index (χ1v) is 10.6. The van der Waals surface area contributed by atoms with Crippen LogP contribution in [0.3, 0.4) is 0 Å². The molecule has 0 bridgehead atoms. The molecular formula is C23H28FN3O3. The number of aryl methyl sites for hydroxylation is 1. The predicted molar refractivity (Wildman–Crippen MR) is 111 cm³/mol. The van der Waals surface area contributed by atoms with Crippen molar-refractivity contribution in [1.82, 2.24) is 15.2 Å². The van der Waals surface area contributed by atoms with Gasteiger partial charge in [-0.25, -0.2) is 4.39 Å². The van der Waals surface area contributed by atoms with E-state index in [-0.39, 0.29) is 23.8 Å². The van der Waals surface area contributed by atoms with Gasteiger partial charge >= 0.3 is 0 Å². The van der Waals surface area contributed by atoms with Crippen LogP contribution in [0.2, 0.25) is 0 Å². The predicted octanol–water partition coefficient (Wildman–Crippen LogP) is 2.69. The molecule has 0 unspecified atom stereocenters. The second kappa shape index (κ2) is 9.10. The van der Waals surface area contributed by atoms with Gasteiger partial charge in [-0.3, -0.25) is 14.7 Å². The molecule has 1 aromatic carbocycles. The van der Waals surface area contributed by atoms with E-state index in [0.29, 0.717) is 23.4 Å². The molecule has 30 heavy (non-hydrogen) atoms. The minimum Gasteiger partial charge on any atom is -0.487 e. The molecule has 4 atom stereocenters. The molecule has 2 aromatic rings. The molecule has 6 nitrogen and oxygen atoms in total. The van der Waals surface area contributed by atoms with Crippen LogP contribution in [-0.2, 0) is 0 Å². The Kier molecular flexibility index (Phi) is 6.29. The molecule has 2 N–H and O–H groups in total. The van der Waals surface area contributed by atoms with E-state index in [4.69, 9.17) is 4.74 Å². The van der Waals surface area contributed by atoms with Crippen molar-refractivity contribution in [3.8, 4) is 5.75 Å².